The number of carbonyl (C=O) groups is 1. The summed E-state index contributed by atoms with van der Waals surface area (Å²) in [7, 11) is 1.59. The normalized spacial score (nSPS) is 14.2. The molecular weight excluding hydrogens is 346 g/mol. The van der Waals surface area contributed by atoms with Crippen LogP contribution in [0.15, 0.2) is 48.5 Å². The van der Waals surface area contributed by atoms with Crippen molar-refractivity contribution in [2.45, 2.75) is 13.0 Å². The fraction of sp³-hybridized carbons (Fsp3) is 0.263. The Kier molecular flexibility index (Phi) is 4.45. The van der Waals surface area contributed by atoms with Gasteiger partial charge in [-0.2, -0.15) is 4.80 Å². The van der Waals surface area contributed by atoms with E-state index in [2.05, 4.69) is 15.4 Å². The van der Waals surface area contributed by atoms with Gasteiger partial charge < -0.3 is 14.4 Å². The number of aromatic nitrogens is 4. The van der Waals surface area contributed by atoms with Crippen LogP contribution in [0.2, 0.25) is 0 Å². The van der Waals surface area contributed by atoms with Crippen molar-refractivity contribution in [2.24, 2.45) is 0 Å². The minimum atomic E-state index is -0.605. The maximum Gasteiger partial charge on any atom is 0.253 e. The fourth-order valence-electron chi connectivity index (χ4n) is 2.97. The quantitative estimate of drug-likeness (QED) is 0.706. The number of hydrogen-bond donors (Lipinski definition) is 0. The van der Waals surface area contributed by atoms with Crippen molar-refractivity contribution in [3.8, 4) is 22.9 Å². The molecular formula is C19H19N5O3. The van der Waals surface area contributed by atoms with Gasteiger partial charge in [0.05, 0.1) is 19.3 Å². The lowest BCUT2D eigenvalue weighted by Gasteiger charge is -2.31. The van der Waals surface area contributed by atoms with Crippen LogP contribution < -0.4 is 14.4 Å². The van der Waals surface area contributed by atoms with Crippen molar-refractivity contribution >= 4 is 11.6 Å². The molecule has 1 amide bonds. The lowest BCUT2D eigenvalue weighted by Crippen LogP contribution is -2.42. The van der Waals surface area contributed by atoms with Crippen molar-refractivity contribution in [3.05, 3.63) is 48.5 Å². The third-order valence-corrected chi connectivity index (χ3v) is 4.46. The maximum atomic E-state index is 13.1. The van der Waals surface area contributed by atoms with Crippen LogP contribution in [0, 0.1) is 0 Å². The van der Waals surface area contributed by atoms with Gasteiger partial charge in [-0.3, -0.25) is 4.79 Å². The molecule has 27 heavy (non-hydrogen) atoms. The number of amides is 1. The zero-order valence-corrected chi connectivity index (χ0v) is 15.1. The van der Waals surface area contributed by atoms with Crippen molar-refractivity contribution < 1.29 is 14.3 Å². The standard InChI is InChI=1S/C19H19N5O3/c1-13(24-21-18(20-22-24)14-6-4-3-5-7-14)19(25)23-10-11-27-17-9-8-15(26-2)12-16(17)23/h3-9,12-13H,10-11H2,1-2H3. The largest absolute Gasteiger partial charge is 0.497 e. The second-order valence-corrected chi connectivity index (χ2v) is 6.15. The van der Waals surface area contributed by atoms with Gasteiger partial charge in [-0.25, -0.2) is 0 Å². The Bertz CT molecular complexity index is 957. The highest BCUT2D eigenvalue weighted by molar-refractivity contribution is 5.97. The zero-order chi connectivity index (χ0) is 18.8. The van der Waals surface area contributed by atoms with E-state index in [1.807, 2.05) is 30.3 Å². The molecule has 0 spiro atoms. The minimum absolute atomic E-state index is 0.134. The summed E-state index contributed by atoms with van der Waals surface area (Å²) < 4.78 is 10.9. The molecule has 2 aromatic carbocycles. The third-order valence-electron chi connectivity index (χ3n) is 4.46. The molecule has 4 rings (SSSR count). The van der Waals surface area contributed by atoms with E-state index in [0.29, 0.717) is 36.2 Å². The molecule has 8 nitrogen and oxygen atoms in total. The summed E-state index contributed by atoms with van der Waals surface area (Å²) in [5.74, 6) is 1.66. The van der Waals surface area contributed by atoms with Crippen molar-refractivity contribution in [1.82, 2.24) is 20.2 Å². The van der Waals surface area contributed by atoms with Gasteiger partial charge in [-0.15, -0.1) is 10.2 Å². The Morgan fingerprint density at radius 1 is 1.22 bits per heavy atom. The highest BCUT2D eigenvalue weighted by Crippen LogP contribution is 2.35. The topological polar surface area (TPSA) is 82.4 Å². The lowest BCUT2D eigenvalue weighted by atomic mass is 10.2. The number of ether oxygens (including phenoxy) is 2. The molecule has 0 radical (unpaired) electrons. The molecule has 2 heterocycles. The Morgan fingerprint density at radius 3 is 2.81 bits per heavy atom. The van der Waals surface area contributed by atoms with Crippen LogP contribution in [0.5, 0.6) is 11.5 Å². The third kappa shape index (κ3) is 3.21. The first-order chi connectivity index (χ1) is 13.2. The van der Waals surface area contributed by atoms with Crippen LogP contribution in [-0.2, 0) is 4.79 Å². The van der Waals surface area contributed by atoms with E-state index in [1.165, 1.54) is 4.80 Å². The summed E-state index contributed by atoms with van der Waals surface area (Å²) >= 11 is 0. The molecule has 8 heteroatoms. The molecule has 1 aliphatic rings. The summed E-state index contributed by atoms with van der Waals surface area (Å²) in [4.78, 5) is 16.1. The van der Waals surface area contributed by atoms with Gasteiger partial charge in [0.25, 0.3) is 5.91 Å². The number of benzene rings is 2. The number of carbonyl (C=O) groups excluding carboxylic acids is 1. The van der Waals surface area contributed by atoms with Crippen molar-refractivity contribution in [1.29, 1.82) is 0 Å². The fourth-order valence-corrected chi connectivity index (χ4v) is 2.97. The maximum absolute atomic E-state index is 13.1. The summed E-state index contributed by atoms with van der Waals surface area (Å²) in [5.41, 5.74) is 1.53. The number of anilines is 1. The average molecular weight is 365 g/mol. The van der Waals surface area contributed by atoms with Crippen LogP contribution in [0.3, 0.4) is 0 Å². The van der Waals surface area contributed by atoms with Gasteiger partial charge in [0.1, 0.15) is 24.1 Å². The molecule has 1 aliphatic heterocycles. The van der Waals surface area contributed by atoms with Gasteiger partial charge in [-0.05, 0) is 24.3 Å². The Labute approximate surface area is 156 Å². The van der Waals surface area contributed by atoms with Crippen LogP contribution in [0.25, 0.3) is 11.4 Å². The molecule has 0 saturated heterocycles. The smallest absolute Gasteiger partial charge is 0.253 e. The number of methoxy groups -OCH3 is 1. The highest BCUT2D eigenvalue weighted by atomic mass is 16.5. The lowest BCUT2D eigenvalue weighted by molar-refractivity contribution is -0.122. The van der Waals surface area contributed by atoms with E-state index < -0.39 is 6.04 Å². The van der Waals surface area contributed by atoms with Crippen molar-refractivity contribution in [2.75, 3.05) is 25.2 Å². The first-order valence-electron chi connectivity index (χ1n) is 8.64. The molecule has 1 aromatic heterocycles. The second-order valence-electron chi connectivity index (χ2n) is 6.15. The van der Waals surface area contributed by atoms with Crippen LogP contribution in [0.4, 0.5) is 5.69 Å². The number of nitrogens with zero attached hydrogens (tertiary/aromatic N) is 5. The molecule has 0 bridgehead atoms. The van der Waals surface area contributed by atoms with E-state index in [9.17, 15) is 4.79 Å². The van der Waals surface area contributed by atoms with Crippen LogP contribution in [-0.4, -0.2) is 46.4 Å². The predicted molar refractivity (Wildman–Crippen MR) is 98.8 cm³/mol. The van der Waals surface area contributed by atoms with E-state index in [4.69, 9.17) is 9.47 Å². The molecule has 0 saturated carbocycles. The number of tetrazole rings is 1. The predicted octanol–water partition coefficient (Wildman–Crippen LogP) is 2.34. The average Bonchev–Trinajstić information content (AvgIpc) is 3.22. The summed E-state index contributed by atoms with van der Waals surface area (Å²) in [6.45, 7) is 2.63. The molecule has 0 aliphatic carbocycles. The molecule has 3 aromatic rings. The van der Waals surface area contributed by atoms with E-state index in [0.717, 1.165) is 5.56 Å². The minimum Gasteiger partial charge on any atom is -0.497 e. The number of fused-ring (bicyclic) bond motifs is 1. The molecule has 0 N–H and O–H groups in total. The summed E-state index contributed by atoms with van der Waals surface area (Å²) in [6.07, 6.45) is 0. The van der Waals surface area contributed by atoms with E-state index in [1.54, 1.807) is 37.1 Å². The summed E-state index contributed by atoms with van der Waals surface area (Å²) in [5, 5.41) is 12.5. The van der Waals surface area contributed by atoms with Crippen LogP contribution >= 0.6 is 0 Å². The van der Waals surface area contributed by atoms with Crippen molar-refractivity contribution in [3.63, 3.8) is 0 Å². The van der Waals surface area contributed by atoms with Crippen LogP contribution in [0.1, 0.15) is 13.0 Å². The SMILES string of the molecule is COc1ccc2c(c1)N(C(=O)C(C)n1nnc(-c3ccccc3)n1)CCO2. The second kappa shape index (κ2) is 7.06. The number of rotatable bonds is 4. The highest BCUT2D eigenvalue weighted by Gasteiger charge is 2.30. The van der Waals surface area contributed by atoms with E-state index >= 15 is 0 Å². The Hall–Kier alpha value is -3.42. The molecule has 0 fully saturated rings. The molecule has 1 unspecified atom stereocenters. The zero-order valence-electron chi connectivity index (χ0n) is 15.1. The monoisotopic (exact) mass is 365 g/mol. The summed E-state index contributed by atoms with van der Waals surface area (Å²) in [6, 6.07) is 14.3. The first kappa shape index (κ1) is 17.0. The van der Waals surface area contributed by atoms with Gasteiger partial charge in [0.2, 0.25) is 5.82 Å². The van der Waals surface area contributed by atoms with Gasteiger partial charge in [0.15, 0.2) is 0 Å². The molecule has 1 atom stereocenters. The Morgan fingerprint density at radius 2 is 2.04 bits per heavy atom. The van der Waals surface area contributed by atoms with Gasteiger partial charge >= 0.3 is 0 Å². The van der Waals surface area contributed by atoms with E-state index in [-0.39, 0.29) is 5.91 Å². The number of hydrogen-bond acceptors (Lipinski definition) is 6. The van der Waals surface area contributed by atoms with Gasteiger partial charge in [0, 0.05) is 11.6 Å². The molecule has 138 valence electrons. The first-order valence-corrected chi connectivity index (χ1v) is 8.64. The Balaban J connectivity index is 1.60. The van der Waals surface area contributed by atoms with Gasteiger partial charge in [-0.1, -0.05) is 30.3 Å².